The van der Waals surface area contributed by atoms with Gasteiger partial charge in [-0.2, -0.15) is 0 Å². The number of fused-ring (bicyclic) bond motifs is 1. The third-order valence-corrected chi connectivity index (χ3v) is 4.93. The van der Waals surface area contributed by atoms with Crippen LogP contribution >= 0.6 is 0 Å². The SMILES string of the molecule is CC1(C)C2CNCC2CN1C(=O)Cc1ccc(F)cc1. The van der Waals surface area contributed by atoms with Crippen LogP contribution < -0.4 is 5.32 Å². The fourth-order valence-electron chi connectivity index (χ4n) is 3.72. The lowest BCUT2D eigenvalue weighted by molar-refractivity contribution is -0.134. The second-order valence-electron chi connectivity index (χ2n) is 6.49. The number of rotatable bonds is 2. The maximum Gasteiger partial charge on any atom is 0.227 e. The van der Waals surface area contributed by atoms with Crippen LogP contribution in [0.15, 0.2) is 24.3 Å². The van der Waals surface area contributed by atoms with Gasteiger partial charge in [0.2, 0.25) is 5.91 Å². The summed E-state index contributed by atoms with van der Waals surface area (Å²) in [7, 11) is 0. The summed E-state index contributed by atoms with van der Waals surface area (Å²) in [4.78, 5) is 14.6. The summed E-state index contributed by atoms with van der Waals surface area (Å²) in [5.41, 5.74) is 0.785. The van der Waals surface area contributed by atoms with Gasteiger partial charge in [-0.3, -0.25) is 4.79 Å². The van der Waals surface area contributed by atoms with Crippen molar-refractivity contribution in [3.63, 3.8) is 0 Å². The second-order valence-corrected chi connectivity index (χ2v) is 6.49. The fourth-order valence-corrected chi connectivity index (χ4v) is 3.72. The molecule has 1 aromatic carbocycles. The predicted molar refractivity (Wildman–Crippen MR) is 75.7 cm³/mol. The van der Waals surface area contributed by atoms with Gasteiger partial charge in [0.05, 0.1) is 6.42 Å². The Labute approximate surface area is 119 Å². The van der Waals surface area contributed by atoms with Crippen molar-refractivity contribution >= 4 is 5.91 Å². The Morgan fingerprint density at radius 2 is 2.05 bits per heavy atom. The molecule has 1 amide bonds. The van der Waals surface area contributed by atoms with Crippen LogP contribution in [0.1, 0.15) is 19.4 Å². The standard InChI is InChI=1S/C16H21FN2O/c1-16(2)14-9-18-8-12(14)10-19(16)15(20)7-11-3-5-13(17)6-4-11/h3-6,12,14,18H,7-10H2,1-2H3. The summed E-state index contributed by atoms with van der Waals surface area (Å²) in [5, 5.41) is 3.42. The van der Waals surface area contributed by atoms with Crippen molar-refractivity contribution in [1.29, 1.82) is 0 Å². The van der Waals surface area contributed by atoms with Crippen LogP contribution in [-0.4, -0.2) is 36.0 Å². The van der Waals surface area contributed by atoms with E-state index in [4.69, 9.17) is 0 Å². The van der Waals surface area contributed by atoms with Crippen LogP contribution in [0.3, 0.4) is 0 Å². The quantitative estimate of drug-likeness (QED) is 0.893. The fraction of sp³-hybridized carbons (Fsp3) is 0.562. The largest absolute Gasteiger partial charge is 0.337 e. The van der Waals surface area contributed by atoms with Crippen molar-refractivity contribution < 1.29 is 9.18 Å². The Hall–Kier alpha value is -1.42. The van der Waals surface area contributed by atoms with E-state index in [-0.39, 0.29) is 17.3 Å². The molecule has 20 heavy (non-hydrogen) atoms. The molecule has 2 unspecified atom stereocenters. The molecule has 2 fully saturated rings. The number of nitrogens with zero attached hydrogens (tertiary/aromatic N) is 1. The molecule has 2 atom stereocenters. The maximum atomic E-state index is 12.9. The average molecular weight is 276 g/mol. The van der Waals surface area contributed by atoms with E-state index >= 15 is 0 Å². The summed E-state index contributed by atoms with van der Waals surface area (Å²) in [5.74, 6) is 1.00. The molecule has 0 bridgehead atoms. The molecule has 2 heterocycles. The van der Waals surface area contributed by atoms with E-state index in [1.165, 1.54) is 12.1 Å². The van der Waals surface area contributed by atoms with Crippen LogP contribution in [-0.2, 0) is 11.2 Å². The summed E-state index contributed by atoms with van der Waals surface area (Å²) >= 11 is 0. The lowest BCUT2D eigenvalue weighted by Crippen LogP contribution is -2.48. The first-order valence-electron chi connectivity index (χ1n) is 7.24. The monoisotopic (exact) mass is 276 g/mol. The highest BCUT2D eigenvalue weighted by Crippen LogP contribution is 2.40. The summed E-state index contributed by atoms with van der Waals surface area (Å²) in [6.45, 7) is 7.16. The van der Waals surface area contributed by atoms with Crippen LogP contribution in [0, 0.1) is 17.7 Å². The predicted octanol–water partition coefficient (Wildman–Crippen LogP) is 1.82. The molecule has 2 saturated heterocycles. The minimum atomic E-state index is -0.261. The minimum absolute atomic E-state index is 0.0920. The lowest BCUT2D eigenvalue weighted by atomic mass is 9.85. The van der Waals surface area contributed by atoms with Crippen LogP contribution in [0.5, 0.6) is 0 Å². The first kappa shape index (κ1) is 13.6. The van der Waals surface area contributed by atoms with E-state index < -0.39 is 0 Å². The number of halogens is 1. The molecule has 1 aromatic rings. The summed E-state index contributed by atoms with van der Waals surface area (Å²) < 4.78 is 12.9. The molecule has 4 heteroatoms. The zero-order valence-electron chi connectivity index (χ0n) is 12.0. The molecule has 3 rings (SSSR count). The van der Waals surface area contributed by atoms with Crippen molar-refractivity contribution in [1.82, 2.24) is 10.2 Å². The maximum absolute atomic E-state index is 12.9. The van der Waals surface area contributed by atoms with Gasteiger partial charge in [0.25, 0.3) is 0 Å². The van der Waals surface area contributed by atoms with Gasteiger partial charge in [-0.05, 0) is 43.4 Å². The van der Waals surface area contributed by atoms with E-state index in [0.717, 1.165) is 25.2 Å². The highest BCUT2D eigenvalue weighted by atomic mass is 19.1. The number of likely N-dealkylation sites (tertiary alicyclic amines) is 1. The minimum Gasteiger partial charge on any atom is -0.337 e. The number of carbonyl (C=O) groups excluding carboxylic acids is 1. The van der Waals surface area contributed by atoms with Crippen molar-refractivity contribution in [3.8, 4) is 0 Å². The van der Waals surface area contributed by atoms with E-state index in [1.54, 1.807) is 12.1 Å². The van der Waals surface area contributed by atoms with Gasteiger partial charge in [0.1, 0.15) is 5.82 Å². The first-order chi connectivity index (χ1) is 9.48. The number of hydrogen-bond acceptors (Lipinski definition) is 2. The molecule has 1 N–H and O–H groups in total. The molecule has 2 aliphatic heterocycles. The lowest BCUT2D eigenvalue weighted by Gasteiger charge is -2.35. The summed E-state index contributed by atoms with van der Waals surface area (Å²) in [6, 6.07) is 6.21. The molecule has 0 saturated carbocycles. The van der Waals surface area contributed by atoms with Crippen molar-refractivity contribution in [3.05, 3.63) is 35.6 Å². The highest BCUT2D eigenvalue weighted by molar-refractivity contribution is 5.80. The highest BCUT2D eigenvalue weighted by Gasteiger charge is 2.50. The molecule has 0 radical (unpaired) electrons. The van der Waals surface area contributed by atoms with E-state index in [0.29, 0.717) is 18.3 Å². The number of nitrogens with one attached hydrogen (secondary N) is 1. The Morgan fingerprint density at radius 3 is 2.70 bits per heavy atom. The number of benzene rings is 1. The van der Waals surface area contributed by atoms with Crippen LogP contribution in [0.25, 0.3) is 0 Å². The summed E-state index contributed by atoms with van der Waals surface area (Å²) in [6.07, 6.45) is 0.358. The number of hydrogen-bond donors (Lipinski definition) is 1. The van der Waals surface area contributed by atoms with Crippen LogP contribution in [0.4, 0.5) is 4.39 Å². The van der Waals surface area contributed by atoms with E-state index in [1.807, 2.05) is 4.90 Å². The van der Waals surface area contributed by atoms with Gasteiger partial charge in [-0.25, -0.2) is 4.39 Å². The molecule has 0 aliphatic carbocycles. The Kier molecular flexibility index (Phi) is 3.28. The molecular weight excluding hydrogens is 255 g/mol. The molecule has 108 valence electrons. The van der Waals surface area contributed by atoms with Gasteiger partial charge in [0, 0.05) is 25.2 Å². The third kappa shape index (κ3) is 2.22. The molecule has 3 nitrogen and oxygen atoms in total. The van der Waals surface area contributed by atoms with E-state index in [9.17, 15) is 9.18 Å². The molecular formula is C16H21FN2O. The normalized spacial score (nSPS) is 27.6. The van der Waals surface area contributed by atoms with Gasteiger partial charge >= 0.3 is 0 Å². The molecule has 2 aliphatic rings. The smallest absolute Gasteiger partial charge is 0.227 e. The van der Waals surface area contributed by atoms with Crippen molar-refractivity contribution in [2.24, 2.45) is 11.8 Å². The Morgan fingerprint density at radius 1 is 1.35 bits per heavy atom. The van der Waals surface area contributed by atoms with E-state index in [2.05, 4.69) is 19.2 Å². The topological polar surface area (TPSA) is 32.3 Å². The second kappa shape index (κ2) is 4.85. The van der Waals surface area contributed by atoms with Gasteiger partial charge in [0.15, 0.2) is 0 Å². The number of amides is 1. The van der Waals surface area contributed by atoms with Crippen molar-refractivity contribution in [2.45, 2.75) is 25.8 Å². The van der Waals surface area contributed by atoms with Crippen molar-refractivity contribution in [2.75, 3.05) is 19.6 Å². The van der Waals surface area contributed by atoms with Crippen LogP contribution in [0.2, 0.25) is 0 Å². The Balaban J connectivity index is 1.73. The Bertz CT molecular complexity index is 512. The van der Waals surface area contributed by atoms with Gasteiger partial charge < -0.3 is 10.2 Å². The van der Waals surface area contributed by atoms with Gasteiger partial charge in [-0.1, -0.05) is 12.1 Å². The van der Waals surface area contributed by atoms with Gasteiger partial charge in [-0.15, -0.1) is 0 Å². The third-order valence-electron chi connectivity index (χ3n) is 4.93. The zero-order valence-corrected chi connectivity index (χ0v) is 12.0. The molecule has 0 aromatic heterocycles. The average Bonchev–Trinajstić information content (AvgIpc) is 2.95. The number of carbonyl (C=O) groups is 1. The molecule has 0 spiro atoms. The zero-order chi connectivity index (χ0) is 14.3. The first-order valence-corrected chi connectivity index (χ1v) is 7.24.